The lowest BCUT2D eigenvalue weighted by Gasteiger charge is -2.36. The molecule has 1 aliphatic heterocycles. The standard InChI is InChI=1S/C13H17N5S2/c1-13(14)4-8-18(9-5-13)11-16-17-12(20-11)19-10-2-6-15-7-3-10/h2-3,6-7H,4-5,8-9,14H2,1H3. The van der Waals surface area contributed by atoms with Gasteiger partial charge in [-0.2, -0.15) is 0 Å². The lowest BCUT2D eigenvalue weighted by molar-refractivity contribution is 0.364. The van der Waals surface area contributed by atoms with Crippen LogP contribution in [0.2, 0.25) is 0 Å². The predicted octanol–water partition coefficient (Wildman–Crippen LogP) is 2.40. The van der Waals surface area contributed by atoms with E-state index in [1.54, 1.807) is 35.5 Å². The third-order valence-electron chi connectivity index (χ3n) is 3.43. The quantitative estimate of drug-likeness (QED) is 0.939. The summed E-state index contributed by atoms with van der Waals surface area (Å²) >= 11 is 3.27. The van der Waals surface area contributed by atoms with Crippen LogP contribution in [0, 0.1) is 0 Å². The number of nitrogens with zero attached hydrogens (tertiary/aromatic N) is 4. The molecule has 2 N–H and O–H groups in total. The molecule has 3 heterocycles. The van der Waals surface area contributed by atoms with Crippen LogP contribution in [0.25, 0.3) is 0 Å². The maximum absolute atomic E-state index is 6.16. The number of hydrogen-bond donors (Lipinski definition) is 1. The highest BCUT2D eigenvalue weighted by Crippen LogP contribution is 2.34. The monoisotopic (exact) mass is 307 g/mol. The zero-order chi connectivity index (χ0) is 14.0. The molecular formula is C13H17N5S2. The van der Waals surface area contributed by atoms with Crippen molar-refractivity contribution in [1.82, 2.24) is 15.2 Å². The second kappa shape index (κ2) is 5.67. The summed E-state index contributed by atoms with van der Waals surface area (Å²) in [6.45, 7) is 4.04. The highest BCUT2D eigenvalue weighted by atomic mass is 32.2. The Morgan fingerprint density at radius 2 is 1.95 bits per heavy atom. The fourth-order valence-electron chi connectivity index (χ4n) is 2.09. The maximum Gasteiger partial charge on any atom is 0.209 e. The molecule has 0 aromatic carbocycles. The summed E-state index contributed by atoms with van der Waals surface area (Å²) in [7, 11) is 0. The zero-order valence-corrected chi connectivity index (χ0v) is 13.0. The number of pyridine rings is 1. The topological polar surface area (TPSA) is 67.9 Å². The van der Waals surface area contributed by atoms with Gasteiger partial charge in [0.25, 0.3) is 0 Å². The van der Waals surface area contributed by atoms with Gasteiger partial charge in [0.1, 0.15) is 0 Å². The van der Waals surface area contributed by atoms with Crippen LogP contribution in [0.4, 0.5) is 5.13 Å². The number of nitrogens with two attached hydrogens (primary N) is 1. The molecule has 0 radical (unpaired) electrons. The van der Waals surface area contributed by atoms with Crippen molar-refractivity contribution in [3.63, 3.8) is 0 Å². The minimum absolute atomic E-state index is 0.0319. The van der Waals surface area contributed by atoms with Crippen molar-refractivity contribution in [3.8, 4) is 0 Å². The largest absolute Gasteiger partial charge is 0.346 e. The predicted molar refractivity (Wildman–Crippen MR) is 82.3 cm³/mol. The van der Waals surface area contributed by atoms with Gasteiger partial charge in [0.2, 0.25) is 5.13 Å². The lowest BCUT2D eigenvalue weighted by atomic mass is 9.91. The Balaban J connectivity index is 1.65. The van der Waals surface area contributed by atoms with Crippen molar-refractivity contribution in [2.45, 2.75) is 34.5 Å². The molecule has 0 saturated carbocycles. The summed E-state index contributed by atoms with van der Waals surface area (Å²) in [6, 6.07) is 3.96. The van der Waals surface area contributed by atoms with Crippen molar-refractivity contribution in [1.29, 1.82) is 0 Å². The van der Waals surface area contributed by atoms with E-state index in [2.05, 4.69) is 27.0 Å². The molecule has 1 fully saturated rings. The zero-order valence-electron chi connectivity index (χ0n) is 11.3. The van der Waals surface area contributed by atoms with Gasteiger partial charge in [-0.15, -0.1) is 10.2 Å². The number of hydrogen-bond acceptors (Lipinski definition) is 7. The van der Waals surface area contributed by atoms with Gasteiger partial charge in [0, 0.05) is 35.9 Å². The number of piperidine rings is 1. The van der Waals surface area contributed by atoms with Crippen LogP contribution in [0.3, 0.4) is 0 Å². The van der Waals surface area contributed by atoms with E-state index in [0.29, 0.717) is 0 Å². The van der Waals surface area contributed by atoms with E-state index < -0.39 is 0 Å². The Hall–Kier alpha value is -1.18. The first-order valence-corrected chi connectivity index (χ1v) is 8.21. The third kappa shape index (κ3) is 3.28. The van der Waals surface area contributed by atoms with Crippen molar-refractivity contribution >= 4 is 28.2 Å². The molecule has 3 rings (SSSR count). The minimum atomic E-state index is -0.0319. The molecule has 106 valence electrons. The Morgan fingerprint density at radius 1 is 1.25 bits per heavy atom. The molecule has 0 unspecified atom stereocenters. The molecular weight excluding hydrogens is 290 g/mol. The van der Waals surface area contributed by atoms with Gasteiger partial charge in [-0.25, -0.2) is 0 Å². The molecule has 7 heteroatoms. The van der Waals surface area contributed by atoms with Gasteiger partial charge < -0.3 is 10.6 Å². The smallest absolute Gasteiger partial charge is 0.209 e. The molecule has 2 aromatic rings. The summed E-state index contributed by atoms with van der Waals surface area (Å²) in [4.78, 5) is 7.43. The normalized spacial score (nSPS) is 18.2. The summed E-state index contributed by atoms with van der Waals surface area (Å²) in [5.41, 5.74) is 6.12. The van der Waals surface area contributed by atoms with Gasteiger partial charge in [-0.05, 0) is 31.9 Å². The molecule has 5 nitrogen and oxygen atoms in total. The first-order chi connectivity index (χ1) is 9.62. The van der Waals surface area contributed by atoms with E-state index >= 15 is 0 Å². The second-order valence-electron chi connectivity index (χ2n) is 5.28. The van der Waals surface area contributed by atoms with Crippen LogP contribution < -0.4 is 10.6 Å². The van der Waals surface area contributed by atoms with Crippen LogP contribution in [-0.2, 0) is 0 Å². The van der Waals surface area contributed by atoms with Crippen LogP contribution in [0.1, 0.15) is 19.8 Å². The molecule has 1 saturated heterocycles. The summed E-state index contributed by atoms with van der Waals surface area (Å²) in [5.74, 6) is 0. The minimum Gasteiger partial charge on any atom is -0.346 e. The van der Waals surface area contributed by atoms with E-state index in [9.17, 15) is 0 Å². The number of rotatable bonds is 3. The van der Waals surface area contributed by atoms with Crippen molar-refractivity contribution in [2.75, 3.05) is 18.0 Å². The fourth-order valence-corrected chi connectivity index (χ4v) is 3.94. The molecule has 1 aliphatic rings. The van der Waals surface area contributed by atoms with E-state index in [0.717, 1.165) is 40.3 Å². The van der Waals surface area contributed by atoms with Crippen molar-refractivity contribution in [2.24, 2.45) is 5.73 Å². The molecule has 20 heavy (non-hydrogen) atoms. The number of aromatic nitrogens is 3. The SMILES string of the molecule is CC1(N)CCN(c2nnc(Sc3ccncc3)s2)CC1. The average molecular weight is 307 g/mol. The third-order valence-corrected chi connectivity index (χ3v) is 5.47. The van der Waals surface area contributed by atoms with Crippen LogP contribution in [0.15, 0.2) is 33.8 Å². The van der Waals surface area contributed by atoms with Gasteiger partial charge in [-0.1, -0.05) is 23.1 Å². The Labute approximate surface area is 126 Å². The van der Waals surface area contributed by atoms with E-state index in [4.69, 9.17) is 5.73 Å². The Morgan fingerprint density at radius 3 is 2.65 bits per heavy atom. The summed E-state index contributed by atoms with van der Waals surface area (Å²) < 4.78 is 0.965. The lowest BCUT2D eigenvalue weighted by Crippen LogP contribution is -2.48. The van der Waals surface area contributed by atoms with Crippen LogP contribution >= 0.6 is 23.1 Å². The van der Waals surface area contributed by atoms with E-state index in [-0.39, 0.29) is 5.54 Å². The first kappa shape index (κ1) is 13.8. The van der Waals surface area contributed by atoms with Gasteiger partial charge in [-0.3, -0.25) is 4.98 Å². The molecule has 0 spiro atoms. The second-order valence-corrected chi connectivity index (χ2v) is 7.55. The molecule has 2 aromatic heterocycles. The van der Waals surface area contributed by atoms with Crippen LogP contribution in [-0.4, -0.2) is 33.8 Å². The van der Waals surface area contributed by atoms with Gasteiger partial charge in [0.05, 0.1) is 0 Å². The highest BCUT2D eigenvalue weighted by Gasteiger charge is 2.27. The molecule has 0 aliphatic carbocycles. The average Bonchev–Trinajstić information content (AvgIpc) is 2.88. The summed E-state index contributed by atoms with van der Waals surface area (Å²) in [6.07, 6.45) is 5.58. The van der Waals surface area contributed by atoms with Gasteiger partial charge >= 0.3 is 0 Å². The van der Waals surface area contributed by atoms with Gasteiger partial charge in [0.15, 0.2) is 4.34 Å². The molecule has 0 amide bonds. The molecule has 0 atom stereocenters. The first-order valence-electron chi connectivity index (χ1n) is 6.58. The Bertz CT molecular complexity index is 559. The highest BCUT2D eigenvalue weighted by molar-refractivity contribution is 8.01. The maximum atomic E-state index is 6.16. The molecule has 0 bridgehead atoms. The fraction of sp³-hybridized carbons (Fsp3) is 0.462. The van der Waals surface area contributed by atoms with Crippen LogP contribution in [0.5, 0.6) is 0 Å². The van der Waals surface area contributed by atoms with Crippen molar-refractivity contribution < 1.29 is 0 Å². The number of anilines is 1. The van der Waals surface area contributed by atoms with E-state index in [1.165, 1.54) is 0 Å². The summed E-state index contributed by atoms with van der Waals surface area (Å²) in [5, 5.41) is 9.56. The van der Waals surface area contributed by atoms with E-state index in [1.807, 2.05) is 12.1 Å². The Kier molecular flexibility index (Phi) is 3.91. The van der Waals surface area contributed by atoms with Crippen molar-refractivity contribution in [3.05, 3.63) is 24.5 Å².